The molecule has 1 aliphatic heterocycles. The number of hydrogen-bond acceptors (Lipinski definition) is 2. The Morgan fingerprint density at radius 3 is 2.60 bits per heavy atom. The first-order valence-electron chi connectivity index (χ1n) is 4.16. The van der Waals surface area contributed by atoms with Crippen molar-refractivity contribution in [2.75, 3.05) is 6.61 Å². The predicted molar refractivity (Wildman–Crippen MR) is 37.7 cm³/mol. The highest BCUT2D eigenvalue weighted by molar-refractivity contribution is 4.85. The second kappa shape index (κ2) is 2.51. The summed E-state index contributed by atoms with van der Waals surface area (Å²) in [6.07, 6.45) is 4.66. The van der Waals surface area contributed by atoms with Gasteiger partial charge in [-0.3, -0.25) is 0 Å². The molecule has 1 N–H and O–H groups in total. The van der Waals surface area contributed by atoms with Gasteiger partial charge >= 0.3 is 0 Å². The van der Waals surface area contributed by atoms with E-state index in [0.29, 0.717) is 6.10 Å². The maximum atomic E-state index is 9.28. The van der Waals surface area contributed by atoms with Crippen LogP contribution < -0.4 is 0 Å². The van der Waals surface area contributed by atoms with Crippen molar-refractivity contribution in [3.63, 3.8) is 0 Å². The molecule has 1 aliphatic carbocycles. The normalized spacial score (nSPS) is 41.7. The van der Waals surface area contributed by atoms with Crippen LogP contribution in [0.5, 0.6) is 0 Å². The van der Waals surface area contributed by atoms with Gasteiger partial charge in [0, 0.05) is 6.61 Å². The summed E-state index contributed by atoms with van der Waals surface area (Å²) in [5, 5.41) is 9.28. The smallest absolute Gasteiger partial charge is 0.0627 e. The fraction of sp³-hybridized carbons (Fsp3) is 1.00. The molecule has 1 saturated carbocycles. The molecule has 10 heavy (non-hydrogen) atoms. The third kappa shape index (κ3) is 1.32. The van der Waals surface area contributed by atoms with E-state index < -0.39 is 0 Å². The molecule has 2 atom stereocenters. The molecular formula is C8H14O2. The molecule has 0 bridgehead atoms. The Balaban J connectivity index is 1.84. The zero-order chi connectivity index (χ0) is 6.97. The van der Waals surface area contributed by atoms with Crippen molar-refractivity contribution in [1.82, 2.24) is 0 Å². The number of hydrogen-bond donors (Lipinski definition) is 1. The summed E-state index contributed by atoms with van der Waals surface area (Å²) < 4.78 is 5.51. The molecule has 1 heterocycles. The third-order valence-corrected chi connectivity index (χ3v) is 2.44. The summed E-state index contributed by atoms with van der Waals surface area (Å²) in [7, 11) is 0. The van der Waals surface area contributed by atoms with E-state index in [1.54, 1.807) is 0 Å². The molecule has 0 aromatic heterocycles. The van der Waals surface area contributed by atoms with Gasteiger partial charge in [0.1, 0.15) is 0 Å². The van der Waals surface area contributed by atoms with E-state index in [-0.39, 0.29) is 6.10 Å². The maximum Gasteiger partial charge on any atom is 0.0627 e. The minimum absolute atomic E-state index is 0.0839. The van der Waals surface area contributed by atoms with E-state index >= 15 is 0 Å². The van der Waals surface area contributed by atoms with Gasteiger partial charge in [-0.25, -0.2) is 0 Å². The van der Waals surface area contributed by atoms with Crippen LogP contribution in [0.4, 0.5) is 0 Å². The second-order valence-corrected chi connectivity index (χ2v) is 3.42. The van der Waals surface area contributed by atoms with E-state index in [9.17, 15) is 5.11 Å². The zero-order valence-corrected chi connectivity index (χ0v) is 6.12. The van der Waals surface area contributed by atoms with Crippen LogP contribution in [0.25, 0.3) is 0 Å². The summed E-state index contributed by atoms with van der Waals surface area (Å²) in [5.74, 6) is 0.787. The van der Waals surface area contributed by atoms with Crippen molar-refractivity contribution in [1.29, 1.82) is 0 Å². The summed E-state index contributed by atoms with van der Waals surface area (Å²) in [6, 6.07) is 0. The molecule has 58 valence electrons. The quantitative estimate of drug-likeness (QED) is 0.590. The van der Waals surface area contributed by atoms with Crippen molar-refractivity contribution in [3.8, 4) is 0 Å². The van der Waals surface area contributed by atoms with E-state index in [1.165, 1.54) is 12.8 Å². The van der Waals surface area contributed by atoms with Crippen molar-refractivity contribution in [2.24, 2.45) is 5.92 Å². The van der Waals surface area contributed by atoms with Crippen LogP contribution in [0.15, 0.2) is 0 Å². The average Bonchev–Trinajstić information content (AvgIpc) is 2.68. The first-order valence-corrected chi connectivity index (χ1v) is 4.16. The summed E-state index contributed by atoms with van der Waals surface area (Å²) >= 11 is 0. The van der Waals surface area contributed by atoms with Crippen LogP contribution in [0.1, 0.15) is 25.7 Å². The highest BCUT2D eigenvalue weighted by Gasteiger charge is 2.35. The van der Waals surface area contributed by atoms with E-state index in [4.69, 9.17) is 4.74 Å². The molecule has 2 rings (SSSR count). The number of aliphatic hydroxyl groups is 1. The molecule has 2 unspecified atom stereocenters. The number of aliphatic hydroxyl groups excluding tert-OH is 1. The summed E-state index contributed by atoms with van der Waals surface area (Å²) in [5.41, 5.74) is 0. The van der Waals surface area contributed by atoms with E-state index in [0.717, 1.165) is 25.4 Å². The molecule has 2 fully saturated rings. The van der Waals surface area contributed by atoms with E-state index in [2.05, 4.69) is 0 Å². The third-order valence-electron chi connectivity index (χ3n) is 2.44. The molecule has 0 amide bonds. The molecular weight excluding hydrogens is 128 g/mol. The van der Waals surface area contributed by atoms with Crippen LogP contribution >= 0.6 is 0 Å². The van der Waals surface area contributed by atoms with Crippen LogP contribution in [0.2, 0.25) is 0 Å². The number of ether oxygens (including phenoxy) is 1. The molecule has 2 aliphatic rings. The van der Waals surface area contributed by atoms with Gasteiger partial charge in [-0.05, 0) is 31.6 Å². The highest BCUT2D eigenvalue weighted by atomic mass is 16.5. The minimum atomic E-state index is -0.0839. The van der Waals surface area contributed by atoms with Gasteiger partial charge in [-0.1, -0.05) is 0 Å². The number of rotatable bonds is 1. The van der Waals surface area contributed by atoms with Crippen LogP contribution in [-0.2, 0) is 4.74 Å². The van der Waals surface area contributed by atoms with Gasteiger partial charge in [0.25, 0.3) is 0 Å². The molecule has 0 aromatic rings. The molecule has 2 nitrogen and oxygen atoms in total. The lowest BCUT2D eigenvalue weighted by molar-refractivity contribution is -0.0526. The highest BCUT2D eigenvalue weighted by Crippen LogP contribution is 2.37. The Hall–Kier alpha value is -0.0800. The lowest BCUT2D eigenvalue weighted by Gasteiger charge is -2.26. The summed E-state index contributed by atoms with van der Waals surface area (Å²) in [6.45, 7) is 0.766. The minimum Gasteiger partial charge on any atom is -0.393 e. The fourth-order valence-electron chi connectivity index (χ4n) is 1.61. The zero-order valence-electron chi connectivity index (χ0n) is 6.12. The van der Waals surface area contributed by atoms with Crippen LogP contribution in [-0.4, -0.2) is 23.9 Å². The Kier molecular flexibility index (Phi) is 1.66. The standard InChI is InChI=1S/C8H14O2/c9-7-3-4-10-8(5-7)6-1-2-6/h6-9H,1-5H2. The monoisotopic (exact) mass is 142 g/mol. The van der Waals surface area contributed by atoms with Gasteiger partial charge in [-0.2, -0.15) is 0 Å². The lowest BCUT2D eigenvalue weighted by Crippen LogP contribution is -2.30. The van der Waals surface area contributed by atoms with Gasteiger partial charge in [0.2, 0.25) is 0 Å². The van der Waals surface area contributed by atoms with Crippen molar-refractivity contribution in [2.45, 2.75) is 37.9 Å². The van der Waals surface area contributed by atoms with Crippen LogP contribution in [0.3, 0.4) is 0 Å². The largest absolute Gasteiger partial charge is 0.393 e. The Labute approximate surface area is 61.2 Å². The van der Waals surface area contributed by atoms with Gasteiger partial charge in [0.15, 0.2) is 0 Å². The predicted octanol–water partition coefficient (Wildman–Crippen LogP) is 0.936. The topological polar surface area (TPSA) is 29.5 Å². The van der Waals surface area contributed by atoms with Crippen molar-refractivity contribution >= 4 is 0 Å². The molecule has 1 saturated heterocycles. The summed E-state index contributed by atoms with van der Waals surface area (Å²) in [4.78, 5) is 0. The van der Waals surface area contributed by atoms with Crippen molar-refractivity contribution in [3.05, 3.63) is 0 Å². The Morgan fingerprint density at radius 2 is 2.00 bits per heavy atom. The molecule has 2 heteroatoms. The molecule has 0 radical (unpaired) electrons. The Morgan fingerprint density at radius 1 is 1.20 bits per heavy atom. The maximum absolute atomic E-state index is 9.28. The SMILES string of the molecule is OC1CCOC(C2CC2)C1. The van der Waals surface area contributed by atoms with Crippen LogP contribution in [0, 0.1) is 5.92 Å². The van der Waals surface area contributed by atoms with Gasteiger partial charge < -0.3 is 9.84 Å². The lowest BCUT2D eigenvalue weighted by atomic mass is 10.0. The first-order chi connectivity index (χ1) is 4.86. The Bertz CT molecular complexity index is 120. The fourth-order valence-corrected chi connectivity index (χ4v) is 1.61. The second-order valence-electron chi connectivity index (χ2n) is 3.42. The van der Waals surface area contributed by atoms with Gasteiger partial charge in [-0.15, -0.1) is 0 Å². The molecule has 0 spiro atoms. The first kappa shape index (κ1) is 6.62. The van der Waals surface area contributed by atoms with Crippen molar-refractivity contribution < 1.29 is 9.84 Å². The molecule has 0 aromatic carbocycles. The van der Waals surface area contributed by atoms with Gasteiger partial charge in [0.05, 0.1) is 12.2 Å². The van der Waals surface area contributed by atoms with E-state index in [1.807, 2.05) is 0 Å². The average molecular weight is 142 g/mol.